The Balaban J connectivity index is 0.000000440. The van der Waals surface area contributed by atoms with Crippen molar-refractivity contribution in [3.63, 3.8) is 0 Å². The van der Waals surface area contributed by atoms with Gasteiger partial charge in [-0.2, -0.15) is 0 Å². The molecule has 4 N–H and O–H groups in total. The second kappa shape index (κ2) is 13.1. The van der Waals surface area contributed by atoms with Crippen LogP contribution in [0, 0.1) is 6.92 Å². The number of hydrogen-bond donors (Lipinski definition) is 3. The zero-order valence-electron chi connectivity index (χ0n) is 18.9. The number of nitrogens with zero attached hydrogens (tertiary/aromatic N) is 4. The fraction of sp³-hybridized carbons (Fsp3) is 0.591. The number of nitrogens with one attached hydrogen (secondary N) is 1. The lowest BCUT2D eigenvalue weighted by atomic mass is 10.0. The summed E-state index contributed by atoms with van der Waals surface area (Å²) >= 11 is 0. The standard InChI is InChI=1S/C16H23N5.C4H9N.C2H6O/c1-6-12-15(19-13(7-2)16(17)20-12)11-9-18-14(21(4)5)8-10(11)3;1-2-4-5-3-1;1-2-3/h8-9H,6-7H2,1-5H3,(H2,17,20);5H,1-4H2;3H,2H2,1H3. The Bertz CT molecular complexity index is 737. The fourth-order valence-corrected chi connectivity index (χ4v) is 2.90. The molecule has 0 spiro atoms. The topological polar surface area (TPSA) is 100 Å². The van der Waals surface area contributed by atoms with Crippen LogP contribution in [0.15, 0.2) is 12.3 Å². The summed E-state index contributed by atoms with van der Waals surface area (Å²) < 4.78 is 0. The van der Waals surface area contributed by atoms with Gasteiger partial charge in [0.05, 0.1) is 17.1 Å². The van der Waals surface area contributed by atoms with Crippen LogP contribution >= 0.6 is 0 Å². The highest BCUT2D eigenvalue weighted by Gasteiger charge is 2.14. The highest BCUT2D eigenvalue weighted by atomic mass is 16.2. The molecule has 7 heteroatoms. The van der Waals surface area contributed by atoms with Crippen LogP contribution in [0.3, 0.4) is 0 Å². The first-order chi connectivity index (χ1) is 13.9. The van der Waals surface area contributed by atoms with E-state index in [1.54, 1.807) is 6.92 Å². The molecule has 1 aliphatic heterocycles. The molecule has 0 unspecified atom stereocenters. The van der Waals surface area contributed by atoms with Crippen molar-refractivity contribution in [2.75, 3.05) is 44.4 Å². The Labute approximate surface area is 175 Å². The number of pyridine rings is 1. The second-order valence-electron chi connectivity index (χ2n) is 7.08. The normalized spacial score (nSPS) is 12.5. The average molecular weight is 403 g/mol. The molecule has 0 saturated carbocycles. The zero-order chi connectivity index (χ0) is 21.8. The van der Waals surface area contributed by atoms with Crippen molar-refractivity contribution in [3.05, 3.63) is 29.2 Å². The predicted octanol–water partition coefficient (Wildman–Crippen LogP) is 2.99. The molecule has 0 bridgehead atoms. The first-order valence-electron chi connectivity index (χ1n) is 10.5. The molecule has 0 aliphatic carbocycles. The lowest BCUT2D eigenvalue weighted by Crippen LogP contribution is -2.11. The van der Waals surface area contributed by atoms with Crippen molar-refractivity contribution < 1.29 is 5.11 Å². The summed E-state index contributed by atoms with van der Waals surface area (Å²) in [6.07, 6.45) is 6.23. The van der Waals surface area contributed by atoms with E-state index in [0.717, 1.165) is 46.9 Å². The number of rotatable bonds is 4. The van der Waals surface area contributed by atoms with Crippen molar-refractivity contribution in [1.82, 2.24) is 20.3 Å². The van der Waals surface area contributed by atoms with Crippen molar-refractivity contribution >= 4 is 11.6 Å². The maximum atomic E-state index is 7.57. The van der Waals surface area contributed by atoms with Gasteiger partial charge in [0, 0.05) is 32.5 Å². The molecule has 7 nitrogen and oxygen atoms in total. The first kappa shape index (κ1) is 24.8. The Morgan fingerprint density at radius 3 is 2.07 bits per heavy atom. The van der Waals surface area contributed by atoms with Gasteiger partial charge in [-0.05, 0) is 64.3 Å². The van der Waals surface area contributed by atoms with E-state index < -0.39 is 0 Å². The van der Waals surface area contributed by atoms with Crippen LogP contribution in [0.25, 0.3) is 11.3 Å². The monoisotopic (exact) mass is 402 g/mol. The minimum Gasteiger partial charge on any atom is -0.397 e. The Morgan fingerprint density at radius 2 is 1.66 bits per heavy atom. The van der Waals surface area contributed by atoms with Gasteiger partial charge in [-0.3, -0.25) is 0 Å². The SMILES string of the molecule is C1CCNC1.CCO.CCc1nc(-c2cnc(N(C)C)cc2C)c(CC)nc1N. The minimum absolute atomic E-state index is 0.250. The lowest BCUT2D eigenvalue weighted by Gasteiger charge is -2.15. The van der Waals surface area contributed by atoms with E-state index in [2.05, 4.69) is 35.2 Å². The molecular formula is C22H38N6O. The van der Waals surface area contributed by atoms with Crippen molar-refractivity contribution in [3.8, 4) is 11.3 Å². The summed E-state index contributed by atoms with van der Waals surface area (Å²) in [5, 5.41) is 10.8. The summed E-state index contributed by atoms with van der Waals surface area (Å²) in [5.74, 6) is 1.47. The lowest BCUT2D eigenvalue weighted by molar-refractivity contribution is 0.318. The number of hydrogen-bond acceptors (Lipinski definition) is 7. The molecule has 162 valence electrons. The van der Waals surface area contributed by atoms with Crippen LogP contribution in [0.2, 0.25) is 0 Å². The van der Waals surface area contributed by atoms with E-state index in [0.29, 0.717) is 5.82 Å². The summed E-state index contributed by atoms with van der Waals surface area (Å²) in [4.78, 5) is 15.7. The summed E-state index contributed by atoms with van der Waals surface area (Å²) in [6, 6.07) is 2.07. The summed E-state index contributed by atoms with van der Waals surface area (Å²) in [5.41, 5.74) is 10.8. The van der Waals surface area contributed by atoms with Crippen LogP contribution in [-0.4, -0.2) is 53.9 Å². The Kier molecular flexibility index (Phi) is 11.2. The maximum Gasteiger partial charge on any atom is 0.145 e. The van der Waals surface area contributed by atoms with Crippen molar-refractivity contribution in [1.29, 1.82) is 0 Å². The van der Waals surface area contributed by atoms with Crippen molar-refractivity contribution in [2.24, 2.45) is 0 Å². The highest BCUT2D eigenvalue weighted by Crippen LogP contribution is 2.27. The van der Waals surface area contributed by atoms with Crippen LogP contribution in [0.4, 0.5) is 11.6 Å². The molecule has 1 fully saturated rings. The first-order valence-corrected chi connectivity index (χ1v) is 10.5. The smallest absolute Gasteiger partial charge is 0.145 e. The van der Waals surface area contributed by atoms with Gasteiger partial charge in [-0.1, -0.05) is 13.8 Å². The number of nitrogens with two attached hydrogens (primary N) is 1. The van der Waals surface area contributed by atoms with Crippen molar-refractivity contribution in [2.45, 2.75) is 53.4 Å². The number of aryl methyl sites for hydroxylation is 3. The highest BCUT2D eigenvalue weighted by molar-refractivity contribution is 5.67. The molecule has 0 radical (unpaired) electrons. The van der Waals surface area contributed by atoms with Gasteiger partial charge in [0.1, 0.15) is 11.6 Å². The molecule has 0 aromatic carbocycles. The van der Waals surface area contributed by atoms with Crippen LogP contribution in [-0.2, 0) is 12.8 Å². The van der Waals surface area contributed by atoms with E-state index in [1.165, 1.54) is 25.9 Å². The molecule has 0 atom stereocenters. The van der Waals surface area contributed by atoms with E-state index in [-0.39, 0.29) is 6.61 Å². The van der Waals surface area contributed by atoms with Crippen LogP contribution < -0.4 is 16.0 Å². The van der Waals surface area contributed by atoms with E-state index in [9.17, 15) is 0 Å². The van der Waals surface area contributed by atoms with E-state index in [4.69, 9.17) is 15.8 Å². The second-order valence-corrected chi connectivity index (χ2v) is 7.08. The number of nitrogen functional groups attached to an aromatic ring is 1. The Morgan fingerprint density at radius 1 is 1.07 bits per heavy atom. The quantitative estimate of drug-likeness (QED) is 0.723. The maximum absolute atomic E-state index is 7.57. The molecule has 2 aromatic rings. The summed E-state index contributed by atoms with van der Waals surface area (Å²) in [7, 11) is 3.97. The molecular weight excluding hydrogens is 364 g/mol. The molecule has 0 amide bonds. The molecule has 2 aromatic heterocycles. The fourth-order valence-electron chi connectivity index (χ4n) is 2.90. The van der Waals surface area contributed by atoms with Crippen LogP contribution in [0.1, 0.15) is 50.6 Å². The molecule has 3 heterocycles. The van der Waals surface area contributed by atoms with Gasteiger partial charge >= 0.3 is 0 Å². The average Bonchev–Trinajstić information content (AvgIpc) is 3.28. The zero-order valence-corrected chi connectivity index (χ0v) is 18.9. The van der Waals surface area contributed by atoms with Gasteiger partial charge in [0.2, 0.25) is 0 Å². The largest absolute Gasteiger partial charge is 0.397 e. The van der Waals surface area contributed by atoms with E-state index in [1.807, 2.05) is 32.1 Å². The molecule has 1 saturated heterocycles. The molecule has 29 heavy (non-hydrogen) atoms. The summed E-state index contributed by atoms with van der Waals surface area (Å²) in [6.45, 7) is 10.6. The number of aliphatic hydroxyl groups excluding tert-OH is 1. The number of aromatic nitrogens is 3. The predicted molar refractivity (Wildman–Crippen MR) is 122 cm³/mol. The van der Waals surface area contributed by atoms with Gasteiger partial charge < -0.3 is 21.1 Å². The van der Waals surface area contributed by atoms with Gasteiger partial charge in [-0.25, -0.2) is 15.0 Å². The third-order valence-electron chi connectivity index (χ3n) is 4.51. The molecule has 1 aliphatic rings. The minimum atomic E-state index is 0.250. The number of anilines is 2. The third-order valence-corrected chi connectivity index (χ3v) is 4.51. The van der Waals surface area contributed by atoms with Crippen LogP contribution in [0.5, 0.6) is 0 Å². The third kappa shape index (κ3) is 7.59. The van der Waals surface area contributed by atoms with Gasteiger partial charge in [0.25, 0.3) is 0 Å². The molecule has 3 rings (SSSR count). The van der Waals surface area contributed by atoms with Gasteiger partial charge in [0.15, 0.2) is 0 Å². The van der Waals surface area contributed by atoms with E-state index >= 15 is 0 Å². The van der Waals surface area contributed by atoms with Gasteiger partial charge in [-0.15, -0.1) is 0 Å². The Hall–Kier alpha value is -2.25. The number of aliphatic hydroxyl groups is 1.